The standard InChI is InChI=1S/C20H20N6O2S.C16H22N6O2S.C14H17N5O3S.C13H17N5O2S.C9H11ClN2O2S.C8H11NO.C4H7N3.ClH2N/c1-25-12-14(10-21-25)22-18-17-16(23-20(24-18)29-3)8-9-26(19(17)27)11-13-4-6-15(28-2)7-5-13;1-6-24-15(23)13-12(7-8-21(2)3)19-16(25-5)20-14(13)18-11-9-17-22(4)10-11;1-4-22-13(21)11-10(5-6-20)17-14(23-3)18-12(11)16-9-7-15-19(2)8-9;1-5-20-12(19)10-8(2)15-13(21-4)17-11(10)16-9-6-14-18(3)7-9;1-4-14-8(13)6-5(2)11-9(15-3)12-7(6)10;1-10-8-4-2-7(6-9)3-5-8;1-7-3-4(5)2-6-7;1-2/h4-10,12H,11H2,1-3H3,(H,22,23,24);7-10H,6H2,1-5H3,(H,18,19,20);6-8H,4-5H2,1-3H3,(H,16,17,18);6-7H,5H2,1-4H3,(H,15,16,17);4H2,1-3H3;2-5H,6,9H2,1H3;2-3H,5H2,1H3;2H2/b;8-7+;;;;;;. The second-order valence-corrected chi connectivity index (χ2v) is 31.0. The Morgan fingerprint density at radius 2 is 0.848 bits per heavy atom. The van der Waals surface area contributed by atoms with Gasteiger partial charge in [-0.2, -0.15) is 25.5 Å². The number of halogens is 2. The summed E-state index contributed by atoms with van der Waals surface area (Å²) >= 11 is 16.9. The fourth-order valence-corrected chi connectivity index (χ4v) is 13.3. The molecule has 704 valence electrons. The van der Waals surface area contributed by atoms with E-state index >= 15 is 0 Å². The second-order valence-electron chi connectivity index (χ2n) is 26.7. The van der Waals surface area contributed by atoms with Crippen LogP contribution in [0.15, 0.2) is 160 Å². The minimum atomic E-state index is -0.566. The Labute approximate surface area is 794 Å². The van der Waals surface area contributed by atoms with Gasteiger partial charge in [0.2, 0.25) is 0 Å². The van der Waals surface area contributed by atoms with Crippen LogP contribution in [0.5, 0.6) is 11.5 Å². The third-order valence-corrected chi connectivity index (χ3v) is 19.9. The minimum Gasteiger partial charge on any atom is -0.497 e. The van der Waals surface area contributed by atoms with Crippen molar-refractivity contribution in [1.82, 2.24) is 108 Å². The number of anilines is 9. The molecule has 13 aromatic rings. The fourth-order valence-electron chi connectivity index (χ4n) is 11.0. The monoisotopic (exact) mass is 1940 g/mol. The Bertz CT molecular complexity index is 5940. The number of aromatic nitrogens is 21. The summed E-state index contributed by atoms with van der Waals surface area (Å²) in [4.78, 5) is 118. The molecule has 48 heteroatoms. The smallest absolute Gasteiger partial charge is 0.344 e. The van der Waals surface area contributed by atoms with Gasteiger partial charge in [-0.1, -0.05) is 94.7 Å². The molecular weight excluding hydrogens is 1840 g/mol. The van der Waals surface area contributed by atoms with Crippen molar-refractivity contribution < 1.29 is 52.4 Å². The molecule has 132 heavy (non-hydrogen) atoms. The maximum Gasteiger partial charge on any atom is 0.344 e. The lowest BCUT2D eigenvalue weighted by Crippen LogP contribution is -2.21. The van der Waals surface area contributed by atoms with E-state index in [4.69, 9.17) is 51.5 Å². The van der Waals surface area contributed by atoms with Crippen molar-refractivity contribution in [2.24, 2.45) is 46.2 Å². The van der Waals surface area contributed by atoms with Crippen molar-refractivity contribution in [2.45, 2.75) is 86.8 Å². The van der Waals surface area contributed by atoms with Crippen LogP contribution in [0.3, 0.4) is 0 Å². The lowest BCUT2D eigenvalue weighted by Gasteiger charge is -2.13. The Morgan fingerprint density at radius 3 is 1.23 bits per heavy atom. The number of benzene rings is 2. The number of nitrogen functional groups attached to an aromatic ring is 1. The highest BCUT2D eigenvalue weighted by Gasteiger charge is 2.26. The van der Waals surface area contributed by atoms with Crippen molar-refractivity contribution in [2.75, 3.05) is 113 Å². The molecule has 2 aromatic carbocycles. The number of ether oxygens (including phenoxy) is 6. The van der Waals surface area contributed by atoms with Gasteiger partial charge in [0.15, 0.2) is 25.8 Å². The van der Waals surface area contributed by atoms with Gasteiger partial charge in [0, 0.05) is 106 Å². The van der Waals surface area contributed by atoms with E-state index in [9.17, 15) is 28.8 Å². The number of nitrogens with zero attached hydrogens (tertiary/aromatic N) is 22. The highest BCUT2D eigenvalue weighted by atomic mass is 35.5. The average molecular weight is 1950 g/mol. The SMILES string of the molecule is CCOC(=O)c1c(/C=C/N(C)C)nc(SC)nc1Nc1cnn(C)c1.CCOC(=O)c1c(C)nc(SC)nc1Cl.CCOC(=O)c1c(C)nc(SC)nc1Nc1cnn(C)c1.CCOC(=O)c1c(CC=O)nc(SC)nc1Nc1cnn(C)c1.COc1ccc(CN)cc1.COc1ccc(Cn2ccc3nc(SC)nc(Nc4cnn(C)c4)c3c2=O)cc1.Cn1cc(N)cn1.NCl. The number of aryl methyl sites for hydroxylation is 7. The van der Waals surface area contributed by atoms with Crippen LogP contribution in [0.4, 0.5) is 51.7 Å². The van der Waals surface area contributed by atoms with Crippen molar-refractivity contribution in [3.8, 4) is 11.5 Å². The summed E-state index contributed by atoms with van der Waals surface area (Å²) < 4.78 is 40.3. The molecule has 41 nitrogen and oxygen atoms in total. The molecule has 10 N–H and O–H groups in total. The number of carbonyl (C=O) groups is 5. The minimum absolute atomic E-state index is 0.00590. The van der Waals surface area contributed by atoms with Crippen LogP contribution in [0.2, 0.25) is 5.15 Å². The molecule has 0 spiro atoms. The topological polar surface area (TPSA) is 510 Å². The van der Waals surface area contributed by atoms with Gasteiger partial charge < -0.3 is 75.4 Å². The van der Waals surface area contributed by atoms with Crippen LogP contribution < -0.4 is 53.0 Å². The molecule has 0 aliphatic heterocycles. The molecule has 0 aliphatic carbocycles. The van der Waals surface area contributed by atoms with Gasteiger partial charge in [0.05, 0.1) is 135 Å². The van der Waals surface area contributed by atoms with Crippen LogP contribution in [-0.2, 0) is 78.5 Å². The highest BCUT2D eigenvalue weighted by Crippen LogP contribution is 2.31. The first-order valence-electron chi connectivity index (χ1n) is 39.7. The Balaban J connectivity index is 0.000000244. The first-order chi connectivity index (χ1) is 63.4. The lowest BCUT2D eigenvalue weighted by molar-refractivity contribution is -0.107. The second kappa shape index (κ2) is 55.9. The van der Waals surface area contributed by atoms with Gasteiger partial charge in [-0.3, -0.25) is 28.2 Å². The van der Waals surface area contributed by atoms with Crippen molar-refractivity contribution >= 4 is 181 Å². The van der Waals surface area contributed by atoms with E-state index < -0.39 is 23.9 Å². The number of thioether (sulfide) groups is 5. The van der Waals surface area contributed by atoms with E-state index in [1.165, 1.54) is 58.8 Å². The predicted molar refractivity (Wildman–Crippen MR) is 518 cm³/mol. The number of fused-ring (bicyclic) bond motifs is 1. The van der Waals surface area contributed by atoms with Gasteiger partial charge in [0.25, 0.3) is 5.56 Å². The van der Waals surface area contributed by atoms with E-state index in [-0.39, 0.29) is 41.5 Å². The molecule has 0 saturated heterocycles. The summed E-state index contributed by atoms with van der Waals surface area (Å²) in [5.41, 5.74) is 19.9. The summed E-state index contributed by atoms with van der Waals surface area (Å²) in [7, 11) is 16.1. The number of carbonyl (C=O) groups excluding carboxylic acids is 5. The third-order valence-electron chi connectivity index (χ3n) is 16.9. The summed E-state index contributed by atoms with van der Waals surface area (Å²) in [5.74, 6) is 1.29. The molecule has 0 amide bonds. The van der Waals surface area contributed by atoms with Gasteiger partial charge >= 0.3 is 23.9 Å². The highest BCUT2D eigenvalue weighted by molar-refractivity contribution is 7.99. The number of hydrogen-bond donors (Lipinski definition) is 7. The first-order valence-corrected chi connectivity index (χ1v) is 46.6. The summed E-state index contributed by atoms with van der Waals surface area (Å²) in [6.45, 7) is 12.6. The van der Waals surface area contributed by atoms with Gasteiger partial charge in [0.1, 0.15) is 73.8 Å². The van der Waals surface area contributed by atoms with Gasteiger partial charge in [-0.05, 0) is 132 Å². The first kappa shape index (κ1) is 108. The zero-order valence-electron chi connectivity index (χ0n) is 76.5. The number of methoxy groups -OCH3 is 2. The Kier molecular flexibility index (Phi) is 45.7. The summed E-state index contributed by atoms with van der Waals surface area (Å²) in [5, 5.41) is 40.0. The molecule has 0 fully saturated rings. The van der Waals surface area contributed by atoms with E-state index in [1.54, 1.807) is 159 Å². The molecule has 0 atom stereocenters. The molecule has 0 unspecified atom stereocenters. The third kappa shape index (κ3) is 33.5. The molecule has 0 radical (unpaired) electrons. The number of nitrogens with one attached hydrogen (secondary N) is 4. The Morgan fingerprint density at radius 1 is 0.477 bits per heavy atom. The van der Waals surface area contributed by atoms with Crippen LogP contribution in [0.25, 0.3) is 17.0 Å². The molecule has 11 heterocycles. The number of pyridine rings is 1. The molecular formula is C84H107Cl2N29O12S5. The molecule has 0 saturated carbocycles. The molecule has 0 aliphatic rings. The van der Waals surface area contributed by atoms with Gasteiger partial charge in [-0.25, -0.2) is 74.3 Å². The summed E-state index contributed by atoms with van der Waals surface area (Å²) in [6.07, 6.45) is 32.5. The fraction of sp³-hybridized carbons (Fsp3) is 0.321. The van der Waals surface area contributed by atoms with E-state index in [1.807, 2.05) is 145 Å². The van der Waals surface area contributed by atoms with Crippen molar-refractivity contribution in [1.29, 1.82) is 0 Å². The lowest BCUT2D eigenvalue weighted by atomic mass is 10.1. The zero-order valence-corrected chi connectivity index (χ0v) is 82.1. The van der Waals surface area contributed by atoms with Crippen LogP contribution in [0.1, 0.15) is 103 Å². The molecule has 11 aromatic heterocycles. The van der Waals surface area contributed by atoms with Crippen LogP contribution >= 0.6 is 82.2 Å². The Hall–Kier alpha value is -13.0. The average Bonchev–Trinajstić information content (AvgIpc) is 0.939. The van der Waals surface area contributed by atoms with Crippen molar-refractivity contribution in [3.63, 3.8) is 0 Å². The maximum absolute atomic E-state index is 13.3. The summed E-state index contributed by atoms with van der Waals surface area (Å²) in [6, 6.07) is 17.2. The number of rotatable bonds is 30. The van der Waals surface area contributed by atoms with E-state index in [2.05, 4.69) is 114 Å². The number of esters is 4. The predicted octanol–water partition coefficient (Wildman–Crippen LogP) is 12.8. The van der Waals surface area contributed by atoms with Crippen LogP contribution in [-0.4, -0.2) is 224 Å². The van der Waals surface area contributed by atoms with Crippen LogP contribution in [0, 0.1) is 13.8 Å². The number of aldehydes is 1. The van der Waals surface area contributed by atoms with E-state index in [0.717, 1.165) is 39.7 Å². The quantitative estimate of drug-likeness (QED) is 0.00418. The largest absolute Gasteiger partial charge is 0.497 e. The number of nitrogens with two attached hydrogens (primary N) is 3. The maximum atomic E-state index is 13.3. The van der Waals surface area contributed by atoms with Crippen molar-refractivity contribution in [3.05, 3.63) is 201 Å². The zero-order chi connectivity index (χ0) is 97.1. The normalized spacial score (nSPS) is 10.4. The molecule has 0 bridgehead atoms. The molecule has 13 rings (SSSR count). The number of hydrogen-bond acceptors (Lipinski definition) is 40. The van der Waals surface area contributed by atoms with Gasteiger partial charge in [-0.15, -0.1) is 0 Å². The van der Waals surface area contributed by atoms with E-state index in [0.29, 0.717) is 138 Å².